The second-order valence-corrected chi connectivity index (χ2v) is 7.42. The van der Waals surface area contributed by atoms with Gasteiger partial charge in [-0.25, -0.2) is 8.42 Å². The largest absolute Gasteiger partial charge is 0.345 e. The Labute approximate surface area is 114 Å². The molecule has 2 aromatic rings. The minimum atomic E-state index is -3.03. The predicted octanol–water partition coefficient (Wildman–Crippen LogP) is 2.23. The highest BCUT2D eigenvalue weighted by Crippen LogP contribution is 2.27. The highest BCUT2D eigenvalue weighted by molar-refractivity contribution is 7.89. The second kappa shape index (κ2) is 4.98. The Balaban J connectivity index is 2.66. The molecule has 1 aromatic carbocycles. The third kappa shape index (κ3) is 2.98. The van der Waals surface area contributed by atoms with Crippen molar-refractivity contribution in [2.24, 2.45) is 5.73 Å². The zero-order valence-electron chi connectivity index (χ0n) is 11.6. The Kier molecular flexibility index (Phi) is 3.69. The van der Waals surface area contributed by atoms with E-state index in [0.29, 0.717) is 6.54 Å². The van der Waals surface area contributed by atoms with Crippen LogP contribution in [0.1, 0.15) is 31.0 Å². The number of aromatic nitrogens is 1. The molecule has 0 aliphatic carbocycles. The van der Waals surface area contributed by atoms with Gasteiger partial charge in [0.2, 0.25) is 0 Å². The molecule has 0 saturated heterocycles. The molecular weight excluding hydrogens is 260 g/mol. The molecule has 0 spiro atoms. The van der Waals surface area contributed by atoms with Gasteiger partial charge in [-0.3, -0.25) is 0 Å². The summed E-state index contributed by atoms with van der Waals surface area (Å²) in [6, 6.07) is 6.25. The summed E-state index contributed by atoms with van der Waals surface area (Å²) in [5.74, 6) is 0.0746. The standard InChI is InChI=1S/C14H20N2O2S/c1-10(2)16-8-12(9-19(3,17)18)13-5-4-11(7-15)6-14(13)16/h4-6,8,10H,7,9,15H2,1-3H3. The molecule has 4 nitrogen and oxygen atoms in total. The second-order valence-electron chi connectivity index (χ2n) is 5.28. The summed E-state index contributed by atoms with van der Waals surface area (Å²) in [6.45, 7) is 4.65. The third-order valence-corrected chi connectivity index (χ3v) is 4.03. The van der Waals surface area contributed by atoms with E-state index in [1.54, 1.807) is 0 Å². The van der Waals surface area contributed by atoms with Crippen molar-refractivity contribution < 1.29 is 8.42 Å². The van der Waals surface area contributed by atoms with E-state index in [2.05, 4.69) is 18.4 Å². The van der Waals surface area contributed by atoms with Gasteiger partial charge in [0.15, 0.2) is 9.84 Å². The molecule has 0 radical (unpaired) electrons. The molecule has 1 heterocycles. The van der Waals surface area contributed by atoms with Gasteiger partial charge in [0.25, 0.3) is 0 Å². The lowest BCUT2D eigenvalue weighted by Gasteiger charge is -2.09. The highest BCUT2D eigenvalue weighted by Gasteiger charge is 2.14. The molecule has 19 heavy (non-hydrogen) atoms. The van der Waals surface area contributed by atoms with Gasteiger partial charge in [0.1, 0.15) is 0 Å². The van der Waals surface area contributed by atoms with E-state index in [4.69, 9.17) is 5.73 Å². The molecule has 0 unspecified atom stereocenters. The van der Waals surface area contributed by atoms with Gasteiger partial charge in [-0.1, -0.05) is 12.1 Å². The first kappa shape index (κ1) is 14.1. The van der Waals surface area contributed by atoms with Crippen molar-refractivity contribution in [1.82, 2.24) is 4.57 Å². The van der Waals surface area contributed by atoms with Crippen LogP contribution in [0, 0.1) is 0 Å². The minimum Gasteiger partial charge on any atom is -0.345 e. The van der Waals surface area contributed by atoms with Gasteiger partial charge in [-0.2, -0.15) is 0 Å². The first-order chi connectivity index (χ1) is 8.81. The smallest absolute Gasteiger partial charge is 0.151 e. The fourth-order valence-electron chi connectivity index (χ4n) is 2.32. The van der Waals surface area contributed by atoms with E-state index in [1.807, 2.05) is 24.4 Å². The van der Waals surface area contributed by atoms with E-state index >= 15 is 0 Å². The number of hydrogen-bond donors (Lipinski definition) is 1. The molecule has 104 valence electrons. The number of rotatable bonds is 4. The molecule has 0 atom stereocenters. The molecule has 0 bridgehead atoms. The van der Waals surface area contributed by atoms with Crippen LogP contribution in [-0.4, -0.2) is 19.2 Å². The summed E-state index contributed by atoms with van der Waals surface area (Å²) in [4.78, 5) is 0. The number of fused-ring (bicyclic) bond motifs is 1. The van der Waals surface area contributed by atoms with Gasteiger partial charge in [-0.15, -0.1) is 0 Å². The van der Waals surface area contributed by atoms with Crippen LogP contribution >= 0.6 is 0 Å². The average molecular weight is 280 g/mol. The Morgan fingerprint density at radius 2 is 2.00 bits per heavy atom. The molecule has 5 heteroatoms. The molecular formula is C14H20N2O2S. The van der Waals surface area contributed by atoms with Crippen LogP contribution < -0.4 is 5.73 Å². The van der Waals surface area contributed by atoms with Crippen molar-refractivity contribution >= 4 is 20.7 Å². The Hall–Kier alpha value is -1.33. The quantitative estimate of drug-likeness (QED) is 0.934. The minimum absolute atomic E-state index is 0.0746. The Morgan fingerprint density at radius 1 is 1.32 bits per heavy atom. The molecule has 0 saturated carbocycles. The third-order valence-electron chi connectivity index (χ3n) is 3.19. The molecule has 0 aliphatic rings. The van der Waals surface area contributed by atoms with E-state index < -0.39 is 9.84 Å². The van der Waals surface area contributed by atoms with Crippen LogP contribution in [0.4, 0.5) is 0 Å². The SMILES string of the molecule is CC(C)n1cc(CS(C)(=O)=O)c2ccc(CN)cc21. The van der Waals surface area contributed by atoms with Crippen molar-refractivity contribution in [3.63, 3.8) is 0 Å². The number of hydrogen-bond acceptors (Lipinski definition) is 3. The zero-order valence-corrected chi connectivity index (χ0v) is 12.4. The molecule has 2 N–H and O–H groups in total. The number of sulfone groups is 1. The lowest BCUT2D eigenvalue weighted by atomic mass is 10.1. The molecule has 1 aromatic heterocycles. The van der Waals surface area contributed by atoms with Crippen LogP contribution in [0.3, 0.4) is 0 Å². The lowest BCUT2D eigenvalue weighted by Crippen LogP contribution is -2.01. The molecule has 0 aliphatic heterocycles. The van der Waals surface area contributed by atoms with Crippen molar-refractivity contribution in [1.29, 1.82) is 0 Å². The fourth-order valence-corrected chi connectivity index (χ4v) is 3.12. The number of nitrogens with two attached hydrogens (primary N) is 1. The summed E-state index contributed by atoms with van der Waals surface area (Å²) in [5.41, 5.74) is 8.63. The summed E-state index contributed by atoms with van der Waals surface area (Å²) < 4.78 is 25.1. The maximum Gasteiger partial charge on any atom is 0.151 e. The van der Waals surface area contributed by atoms with E-state index in [9.17, 15) is 8.42 Å². The summed E-state index contributed by atoms with van der Waals surface area (Å²) in [5, 5.41) is 0.997. The fraction of sp³-hybridized carbons (Fsp3) is 0.429. The van der Waals surface area contributed by atoms with E-state index in [1.165, 1.54) is 6.26 Å². The molecule has 0 amide bonds. The summed E-state index contributed by atoms with van der Waals surface area (Å²) in [6.07, 6.45) is 3.20. The average Bonchev–Trinajstić information content (AvgIpc) is 2.65. The first-order valence-electron chi connectivity index (χ1n) is 6.32. The van der Waals surface area contributed by atoms with Crippen molar-refractivity contribution in [2.75, 3.05) is 6.26 Å². The number of benzene rings is 1. The van der Waals surface area contributed by atoms with Crippen molar-refractivity contribution in [3.05, 3.63) is 35.5 Å². The first-order valence-corrected chi connectivity index (χ1v) is 8.38. The number of nitrogens with zero attached hydrogens (tertiary/aromatic N) is 1. The normalized spacial score (nSPS) is 12.5. The van der Waals surface area contributed by atoms with Crippen LogP contribution in [-0.2, 0) is 22.1 Å². The van der Waals surface area contributed by atoms with E-state index in [0.717, 1.165) is 22.0 Å². The van der Waals surface area contributed by atoms with E-state index in [-0.39, 0.29) is 11.8 Å². The maximum absolute atomic E-state index is 11.5. The van der Waals surface area contributed by atoms with Crippen molar-refractivity contribution in [2.45, 2.75) is 32.2 Å². The van der Waals surface area contributed by atoms with Crippen LogP contribution in [0.25, 0.3) is 10.9 Å². The van der Waals surface area contributed by atoms with Crippen LogP contribution in [0.5, 0.6) is 0 Å². The van der Waals surface area contributed by atoms with Crippen LogP contribution in [0.2, 0.25) is 0 Å². The Bertz CT molecular complexity index is 700. The van der Waals surface area contributed by atoms with Gasteiger partial charge in [0, 0.05) is 35.9 Å². The van der Waals surface area contributed by atoms with Gasteiger partial charge in [0.05, 0.1) is 5.75 Å². The topological polar surface area (TPSA) is 65.1 Å². The molecule has 0 fully saturated rings. The van der Waals surface area contributed by atoms with Crippen LogP contribution in [0.15, 0.2) is 24.4 Å². The van der Waals surface area contributed by atoms with Gasteiger partial charge in [-0.05, 0) is 31.0 Å². The zero-order chi connectivity index (χ0) is 14.2. The van der Waals surface area contributed by atoms with Crippen molar-refractivity contribution in [3.8, 4) is 0 Å². The predicted molar refractivity (Wildman–Crippen MR) is 78.8 cm³/mol. The van der Waals surface area contributed by atoms with Gasteiger partial charge < -0.3 is 10.3 Å². The highest BCUT2D eigenvalue weighted by atomic mass is 32.2. The van der Waals surface area contributed by atoms with Gasteiger partial charge >= 0.3 is 0 Å². The Morgan fingerprint density at radius 3 is 2.53 bits per heavy atom. The lowest BCUT2D eigenvalue weighted by molar-refractivity contribution is 0.600. The maximum atomic E-state index is 11.5. The monoisotopic (exact) mass is 280 g/mol. The summed E-state index contributed by atoms with van der Waals surface area (Å²) >= 11 is 0. The summed E-state index contributed by atoms with van der Waals surface area (Å²) in [7, 11) is -3.03. The molecule has 2 rings (SSSR count).